The summed E-state index contributed by atoms with van der Waals surface area (Å²) in [6.07, 6.45) is -5.08. The number of carbonyl (C=O) groups is 5. The molecule has 4 rings (SSSR count). The molecule has 0 unspecified atom stereocenters. The predicted molar refractivity (Wildman–Crippen MR) is 154 cm³/mol. The van der Waals surface area contributed by atoms with Crippen molar-refractivity contribution in [3.63, 3.8) is 0 Å². The third kappa shape index (κ3) is 11.1. The molecule has 0 saturated heterocycles. The Labute approximate surface area is 253 Å². The van der Waals surface area contributed by atoms with E-state index in [4.69, 9.17) is 26.1 Å². The van der Waals surface area contributed by atoms with E-state index in [0.717, 1.165) is 10.9 Å². The molecule has 7 N–H and O–H groups in total. The van der Waals surface area contributed by atoms with Crippen LogP contribution in [0.1, 0.15) is 44.9 Å². The molecule has 0 aliphatic rings. The Balaban J connectivity index is 0.000000263. The summed E-state index contributed by atoms with van der Waals surface area (Å²) in [5.74, 6) is -5.05. The van der Waals surface area contributed by atoms with Gasteiger partial charge in [0.2, 0.25) is 0 Å². The lowest BCUT2D eigenvalue weighted by Crippen LogP contribution is -2.33. The van der Waals surface area contributed by atoms with Gasteiger partial charge >= 0.3 is 24.1 Å². The van der Waals surface area contributed by atoms with E-state index in [1.54, 1.807) is 72.8 Å². The number of rotatable bonds is 7. The van der Waals surface area contributed by atoms with Crippen molar-refractivity contribution in [3.05, 3.63) is 107 Å². The number of nitrogens with zero attached hydrogens (tertiary/aromatic N) is 1. The average Bonchev–Trinajstić information content (AvgIpc) is 3.00. The molecule has 0 bridgehead atoms. The number of aliphatic carboxylic acids is 2. The maximum Gasteiger partial charge on any atom is 0.490 e. The van der Waals surface area contributed by atoms with Gasteiger partial charge in [0.15, 0.2) is 11.8 Å². The summed E-state index contributed by atoms with van der Waals surface area (Å²) in [5.41, 5.74) is 13.0. The standard InChI is InChI=1S/C16H16N2O3.C12H10N2O3.C2HF3O2/c17-10-11-5-4-8-13(9-11)15(19)18-14(16(20)21)12-6-2-1-3-7-12;1-7(15)17-10-4-2-3-8-5-6-9(12(13)16)14-11(8)10;3-2(4,5)1(6)7/h1-9,14H,10,17H2,(H,18,19)(H,20,21);2-6H,1H3,(H2,13,16);(H,6,7)/t14-;;/m1../s1. The van der Waals surface area contributed by atoms with Crippen LogP contribution in [0.25, 0.3) is 10.9 Å². The van der Waals surface area contributed by atoms with Gasteiger partial charge in [0, 0.05) is 24.4 Å². The number of benzene rings is 3. The number of alkyl halides is 3. The third-order valence-electron chi connectivity index (χ3n) is 5.51. The minimum Gasteiger partial charge on any atom is -0.479 e. The van der Waals surface area contributed by atoms with E-state index < -0.39 is 41.9 Å². The lowest BCUT2D eigenvalue weighted by atomic mass is 10.1. The highest BCUT2D eigenvalue weighted by molar-refractivity contribution is 5.97. The number of fused-ring (bicyclic) bond motifs is 1. The van der Waals surface area contributed by atoms with Crippen LogP contribution >= 0.6 is 0 Å². The van der Waals surface area contributed by atoms with Gasteiger partial charge in [-0.2, -0.15) is 13.2 Å². The molecular weight excluding hydrogens is 601 g/mol. The van der Waals surface area contributed by atoms with Crippen molar-refractivity contribution in [3.8, 4) is 5.75 Å². The zero-order chi connectivity index (χ0) is 33.7. The molecule has 0 saturated carbocycles. The predicted octanol–water partition coefficient (Wildman–Crippen LogP) is 3.59. The van der Waals surface area contributed by atoms with Gasteiger partial charge in [-0.1, -0.05) is 60.7 Å². The number of para-hydroxylation sites is 1. The van der Waals surface area contributed by atoms with Crippen molar-refractivity contribution in [2.24, 2.45) is 11.5 Å². The monoisotopic (exact) mass is 628 g/mol. The molecule has 0 fully saturated rings. The number of carbonyl (C=O) groups excluding carboxylic acids is 3. The summed E-state index contributed by atoms with van der Waals surface area (Å²) in [7, 11) is 0. The summed E-state index contributed by atoms with van der Waals surface area (Å²) < 4.78 is 36.7. The molecule has 2 amide bonds. The molecule has 12 nitrogen and oxygen atoms in total. The van der Waals surface area contributed by atoms with Gasteiger partial charge in [-0.25, -0.2) is 14.6 Å². The van der Waals surface area contributed by atoms with Crippen molar-refractivity contribution in [1.29, 1.82) is 0 Å². The number of halogens is 3. The number of hydrogen-bond donors (Lipinski definition) is 5. The van der Waals surface area contributed by atoms with Crippen LogP contribution in [0.3, 0.4) is 0 Å². The van der Waals surface area contributed by atoms with E-state index in [1.165, 1.54) is 13.0 Å². The van der Waals surface area contributed by atoms with E-state index in [0.29, 0.717) is 28.9 Å². The molecule has 0 aliphatic carbocycles. The van der Waals surface area contributed by atoms with Gasteiger partial charge in [0.25, 0.3) is 11.8 Å². The zero-order valence-electron chi connectivity index (χ0n) is 23.4. The summed E-state index contributed by atoms with van der Waals surface area (Å²) in [5, 5.41) is 19.7. The summed E-state index contributed by atoms with van der Waals surface area (Å²) >= 11 is 0. The van der Waals surface area contributed by atoms with Crippen LogP contribution in [0.15, 0.2) is 84.9 Å². The van der Waals surface area contributed by atoms with Gasteiger partial charge in [-0.05, 0) is 35.4 Å². The molecule has 15 heteroatoms. The minimum absolute atomic E-state index is 0.136. The van der Waals surface area contributed by atoms with Crippen LogP contribution in [0.5, 0.6) is 5.75 Å². The van der Waals surface area contributed by atoms with Gasteiger partial charge in [-0.15, -0.1) is 0 Å². The van der Waals surface area contributed by atoms with Crippen molar-refractivity contribution in [2.75, 3.05) is 0 Å². The van der Waals surface area contributed by atoms with Crippen LogP contribution in [0, 0.1) is 0 Å². The Bertz CT molecular complexity index is 1680. The summed E-state index contributed by atoms with van der Waals surface area (Å²) in [4.78, 5) is 58.5. The molecule has 236 valence electrons. The van der Waals surface area contributed by atoms with Crippen molar-refractivity contribution in [2.45, 2.75) is 25.7 Å². The number of aromatic nitrogens is 1. The number of amides is 2. The molecule has 3 aromatic carbocycles. The number of pyridine rings is 1. The number of ether oxygens (including phenoxy) is 1. The summed E-state index contributed by atoms with van der Waals surface area (Å²) in [6, 6.07) is 22.7. The molecule has 0 radical (unpaired) electrons. The number of esters is 1. The highest BCUT2D eigenvalue weighted by atomic mass is 19.4. The number of carboxylic acids is 2. The van der Waals surface area contributed by atoms with Crippen molar-refractivity contribution < 1.29 is 52.1 Å². The SMILES string of the molecule is CC(=O)Oc1cccc2ccc(C(N)=O)nc12.NCc1cccc(C(=O)N[C@@H](C(=O)O)c2ccccc2)c1.O=C(O)C(F)(F)F. The Kier molecular flexibility index (Phi) is 12.7. The van der Waals surface area contributed by atoms with Gasteiger partial charge in [-0.3, -0.25) is 14.4 Å². The fourth-order valence-electron chi connectivity index (χ4n) is 3.48. The van der Waals surface area contributed by atoms with E-state index in [1.807, 2.05) is 6.07 Å². The third-order valence-corrected chi connectivity index (χ3v) is 5.51. The molecule has 0 aliphatic heterocycles. The van der Waals surface area contributed by atoms with Crippen molar-refractivity contribution >= 4 is 40.6 Å². The van der Waals surface area contributed by atoms with E-state index in [9.17, 15) is 37.5 Å². The Morgan fingerprint density at radius 1 is 0.911 bits per heavy atom. The fraction of sp³-hybridized carbons (Fsp3) is 0.133. The highest BCUT2D eigenvalue weighted by Crippen LogP contribution is 2.24. The second-order valence-electron chi connectivity index (χ2n) is 8.85. The normalized spacial score (nSPS) is 11.0. The first-order valence-corrected chi connectivity index (χ1v) is 12.7. The molecule has 1 heterocycles. The molecule has 0 spiro atoms. The minimum atomic E-state index is -5.08. The van der Waals surface area contributed by atoms with Gasteiger partial charge in [0.1, 0.15) is 11.2 Å². The van der Waals surface area contributed by atoms with Crippen LogP contribution in [0.4, 0.5) is 13.2 Å². The smallest absolute Gasteiger partial charge is 0.479 e. The van der Waals surface area contributed by atoms with E-state index in [2.05, 4.69) is 10.3 Å². The second kappa shape index (κ2) is 16.1. The second-order valence-corrected chi connectivity index (χ2v) is 8.85. The number of carboxylic acid groups (broad SMARTS) is 2. The Morgan fingerprint density at radius 2 is 1.53 bits per heavy atom. The van der Waals surface area contributed by atoms with Crippen LogP contribution in [-0.2, 0) is 20.9 Å². The molecule has 1 atom stereocenters. The number of hydrogen-bond acceptors (Lipinski definition) is 8. The highest BCUT2D eigenvalue weighted by Gasteiger charge is 2.38. The van der Waals surface area contributed by atoms with Crippen molar-refractivity contribution in [1.82, 2.24) is 10.3 Å². The Morgan fingerprint density at radius 3 is 2.07 bits per heavy atom. The molecular formula is C30H27F3N4O8. The number of nitrogens with two attached hydrogens (primary N) is 2. The first kappa shape index (κ1) is 35.4. The van der Waals surface area contributed by atoms with Gasteiger partial charge < -0.3 is 31.7 Å². The van der Waals surface area contributed by atoms with Crippen LogP contribution < -0.4 is 21.5 Å². The lowest BCUT2D eigenvalue weighted by molar-refractivity contribution is -0.192. The lowest BCUT2D eigenvalue weighted by Gasteiger charge is -2.15. The summed E-state index contributed by atoms with van der Waals surface area (Å²) in [6.45, 7) is 1.62. The maximum absolute atomic E-state index is 12.2. The largest absolute Gasteiger partial charge is 0.490 e. The average molecular weight is 629 g/mol. The van der Waals surface area contributed by atoms with Crippen LogP contribution in [-0.4, -0.2) is 51.1 Å². The topological polar surface area (TPSA) is 212 Å². The van der Waals surface area contributed by atoms with E-state index in [-0.39, 0.29) is 5.69 Å². The Hall–Kier alpha value is -5.83. The number of nitrogens with one attached hydrogen (secondary N) is 1. The fourth-order valence-corrected chi connectivity index (χ4v) is 3.48. The van der Waals surface area contributed by atoms with E-state index >= 15 is 0 Å². The molecule has 1 aromatic heterocycles. The molecule has 4 aromatic rings. The number of primary amides is 1. The maximum atomic E-state index is 12.2. The van der Waals surface area contributed by atoms with Gasteiger partial charge in [0.05, 0.1) is 0 Å². The molecule has 45 heavy (non-hydrogen) atoms. The zero-order valence-corrected chi connectivity index (χ0v) is 23.4. The first-order valence-electron chi connectivity index (χ1n) is 12.7. The van der Waals surface area contributed by atoms with Crippen LogP contribution in [0.2, 0.25) is 0 Å². The quantitative estimate of drug-likeness (QED) is 0.148. The first-order chi connectivity index (χ1) is 21.1.